The average Bonchev–Trinajstić information content (AvgIpc) is 3.51. The number of halogens is 3. The van der Waals surface area contributed by atoms with Crippen molar-refractivity contribution in [3.8, 4) is 10.6 Å². The minimum atomic E-state index is -4.73. The number of amides is 1. The van der Waals surface area contributed by atoms with Gasteiger partial charge in [0.05, 0.1) is 26.7 Å². The smallest absolute Gasteiger partial charge is 0.397 e. The summed E-state index contributed by atoms with van der Waals surface area (Å²) in [5, 5.41) is 3.93. The molecule has 15 heteroatoms. The fourth-order valence-electron chi connectivity index (χ4n) is 3.92. The number of nitrogens with zero attached hydrogens (tertiary/aromatic N) is 3. The molecule has 0 aliphatic heterocycles. The van der Waals surface area contributed by atoms with E-state index in [-0.39, 0.29) is 43.0 Å². The summed E-state index contributed by atoms with van der Waals surface area (Å²) in [7, 11) is -4.03. The number of nitrogens with one attached hydrogen (secondary N) is 2. The summed E-state index contributed by atoms with van der Waals surface area (Å²) in [4.78, 5) is 25.7. The third-order valence-electron chi connectivity index (χ3n) is 5.61. The van der Waals surface area contributed by atoms with E-state index >= 15 is 0 Å². The predicted molar refractivity (Wildman–Crippen MR) is 149 cm³/mol. The molecular weight excluding hydrogens is 586 g/mol. The molecule has 4 heterocycles. The number of carbonyl (C=O) groups is 1. The number of alkyl halides is 3. The van der Waals surface area contributed by atoms with Gasteiger partial charge in [-0.15, -0.1) is 22.7 Å². The number of thiophene rings is 2. The normalized spacial score (nSPS) is 12.0. The van der Waals surface area contributed by atoms with Gasteiger partial charge in [0, 0.05) is 22.5 Å². The van der Waals surface area contributed by atoms with Gasteiger partial charge in [-0.05, 0) is 61.7 Å². The second kappa shape index (κ2) is 10.1. The van der Waals surface area contributed by atoms with Crippen molar-refractivity contribution < 1.29 is 26.4 Å². The van der Waals surface area contributed by atoms with Crippen LogP contribution in [0.4, 0.5) is 30.5 Å². The van der Waals surface area contributed by atoms with Crippen molar-refractivity contribution in [2.24, 2.45) is 0 Å². The van der Waals surface area contributed by atoms with Gasteiger partial charge in [0.25, 0.3) is 15.9 Å². The molecule has 0 bridgehead atoms. The van der Waals surface area contributed by atoms with Gasteiger partial charge in [0.2, 0.25) is 5.95 Å². The molecule has 0 saturated heterocycles. The van der Waals surface area contributed by atoms with Crippen molar-refractivity contribution >= 4 is 66.1 Å². The van der Waals surface area contributed by atoms with E-state index in [1.54, 1.807) is 37.4 Å². The van der Waals surface area contributed by atoms with Crippen LogP contribution in [0.1, 0.15) is 26.6 Å². The monoisotopic (exact) mass is 604 g/mol. The standard InChI is InChI=1S/C25H19F3N6O3S3/c1-12-10-13(2)31-24(30-12)34-40(36,37)15-7-5-14(6-8-15)32-22(35)21-20(29)19-16(25(26,27)28)11-17(33-23(19)39-21)18-4-3-9-38-18/h3-11H,29H2,1-2H3,(H,32,35)(H,30,31,34). The van der Waals surface area contributed by atoms with Crippen LogP contribution >= 0.6 is 22.7 Å². The van der Waals surface area contributed by atoms with Crippen LogP contribution in [0.3, 0.4) is 0 Å². The Morgan fingerprint density at radius 1 is 1.00 bits per heavy atom. The molecular formula is C25H19F3N6O3S3. The zero-order chi connectivity index (χ0) is 28.8. The first-order valence-electron chi connectivity index (χ1n) is 11.4. The lowest BCUT2D eigenvalue weighted by atomic mass is 10.1. The van der Waals surface area contributed by atoms with E-state index < -0.39 is 27.7 Å². The number of hydrogen-bond donors (Lipinski definition) is 3. The zero-order valence-corrected chi connectivity index (χ0v) is 23.1. The number of sulfonamides is 1. The second-order valence-electron chi connectivity index (χ2n) is 8.61. The van der Waals surface area contributed by atoms with Crippen LogP contribution in [0.2, 0.25) is 0 Å². The first-order valence-corrected chi connectivity index (χ1v) is 14.6. The molecule has 0 atom stereocenters. The van der Waals surface area contributed by atoms with E-state index in [9.17, 15) is 26.4 Å². The Morgan fingerprint density at radius 2 is 1.68 bits per heavy atom. The summed E-state index contributed by atoms with van der Waals surface area (Å²) >= 11 is 1.98. The van der Waals surface area contributed by atoms with Crippen LogP contribution in [0, 0.1) is 13.8 Å². The molecule has 9 nitrogen and oxygen atoms in total. The number of nitrogen functional groups attached to an aromatic ring is 1. The minimum absolute atomic E-state index is 0.0259. The molecule has 1 aromatic carbocycles. The van der Waals surface area contributed by atoms with Crippen molar-refractivity contribution in [3.63, 3.8) is 0 Å². The number of nitrogens with two attached hydrogens (primary N) is 1. The van der Waals surface area contributed by atoms with Gasteiger partial charge in [-0.2, -0.15) is 13.2 Å². The van der Waals surface area contributed by atoms with Crippen LogP contribution in [0.5, 0.6) is 0 Å². The lowest BCUT2D eigenvalue weighted by Crippen LogP contribution is -2.16. The number of rotatable bonds is 6. The van der Waals surface area contributed by atoms with Crippen LogP contribution < -0.4 is 15.8 Å². The highest BCUT2D eigenvalue weighted by Crippen LogP contribution is 2.44. The molecule has 0 radical (unpaired) electrons. The zero-order valence-electron chi connectivity index (χ0n) is 20.7. The number of aromatic nitrogens is 3. The van der Waals surface area contributed by atoms with Crippen LogP contribution in [0.25, 0.3) is 20.8 Å². The number of aryl methyl sites for hydroxylation is 2. The van der Waals surface area contributed by atoms with Gasteiger partial charge in [0.15, 0.2) is 0 Å². The molecule has 0 aliphatic carbocycles. The second-order valence-corrected chi connectivity index (χ2v) is 12.2. The van der Waals surface area contributed by atoms with E-state index in [2.05, 4.69) is 25.0 Å². The van der Waals surface area contributed by atoms with E-state index in [0.29, 0.717) is 16.3 Å². The summed E-state index contributed by atoms with van der Waals surface area (Å²) in [5.41, 5.74) is 6.22. The van der Waals surface area contributed by atoms with E-state index in [4.69, 9.17) is 5.73 Å². The SMILES string of the molecule is Cc1cc(C)nc(NS(=O)(=O)c2ccc(NC(=O)c3sc4nc(-c5cccs5)cc(C(F)(F)F)c4c3N)cc2)n1. The first-order chi connectivity index (χ1) is 18.8. The fourth-order valence-corrected chi connectivity index (χ4v) is 6.56. The minimum Gasteiger partial charge on any atom is -0.397 e. The molecule has 40 heavy (non-hydrogen) atoms. The quantitative estimate of drug-likeness (QED) is 0.213. The Balaban J connectivity index is 1.42. The third-order valence-corrected chi connectivity index (χ3v) is 8.95. The topological polar surface area (TPSA) is 140 Å². The van der Waals surface area contributed by atoms with Crippen molar-refractivity contribution in [2.45, 2.75) is 24.9 Å². The maximum Gasteiger partial charge on any atom is 0.417 e. The molecule has 206 valence electrons. The molecule has 0 unspecified atom stereocenters. The van der Waals surface area contributed by atoms with Crippen LogP contribution in [0.15, 0.2) is 58.8 Å². The van der Waals surface area contributed by atoms with Gasteiger partial charge in [0.1, 0.15) is 9.71 Å². The Morgan fingerprint density at radius 3 is 2.27 bits per heavy atom. The van der Waals surface area contributed by atoms with Gasteiger partial charge in [-0.1, -0.05) is 6.07 Å². The third kappa shape index (κ3) is 5.48. The number of hydrogen-bond acceptors (Lipinski definition) is 9. The molecule has 4 N–H and O–H groups in total. The Hall–Kier alpha value is -4.08. The predicted octanol–water partition coefficient (Wildman–Crippen LogP) is 6.09. The summed E-state index contributed by atoms with van der Waals surface area (Å²) in [6.45, 7) is 3.41. The summed E-state index contributed by atoms with van der Waals surface area (Å²) in [5.74, 6) is -0.840. The van der Waals surface area contributed by atoms with Crippen LogP contribution in [-0.2, 0) is 16.2 Å². The molecule has 1 amide bonds. The molecule has 5 rings (SSSR count). The molecule has 5 aromatic rings. The van der Waals surface area contributed by atoms with Crippen molar-refractivity contribution in [1.29, 1.82) is 0 Å². The lowest BCUT2D eigenvalue weighted by molar-refractivity contribution is -0.136. The van der Waals surface area contributed by atoms with Crippen molar-refractivity contribution in [2.75, 3.05) is 15.8 Å². The molecule has 0 aliphatic rings. The molecule has 0 fully saturated rings. The van der Waals surface area contributed by atoms with Gasteiger partial charge >= 0.3 is 6.18 Å². The largest absolute Gasteiger partial charge is 0.417 e. The first kappa shape index (κ1) is 27.5. The van der Waals surface area contributed by atoms with Gasteiger partial charge in [-0.3, -0.25) is 4.79 Å². The summed E-state index contributed by atoms with van der Waals surface area (Å²) in [6.07, 6.45) is -4.73. The van der Waals surface area contributed by atoms with Crippen LogP contribution in [-0.4, -0.2) is 29.3 Å². The lowest BCUT2D eigenvalue weighted by Gasteiger charge is -2.11. The molecule has 0 saturated carbocycles. The maximum absolute atomic E-state index is 13.9. The number of benzene rings is 1. The molecule has 0 spiro atoms. The maximum atomic E-state index is 13.9. The number of pyridine rings is 1. The van der Waals surface area contributed by atoms with Gasteiger partial charge in [-0.25, -0.2) is 28.1 Å². The Labute approximate surface area is 234 Å². The average molecular weight is 605 g/mol. The van der Waals surface area contributed by atoms with Crippen molar-refractivity contribution in [1.82, 2.24) is 15.0 Å². The summed E-state index contributed by atoms with van der Waals surface area (Å²) < 4.78 is 69.7. The fraction of sp³-hybridized carbons (Fsp3) is 0.120. The highest BCUT2D eigenvalue weighted by atomic mass is 32.2. The Bertz CT molecular complexity index is 1830. The van der Waals surface area contributed by atoms with E-state index in [1.165, 1.54) is 35.6 Å². The summed E-state index contributed by atoms with van der Waals surface area (Å²) in [6, 6.07) is 11.2. The highest BCUT2D eigenvalue weighted by Gasteiger charge is 2.36. The van der Waals surface area contributed by atoms with E-state index in [1.807, 2.05) is 0 Å². The van der Waals surface area contributed by atoms with E-state index in [0.717, 1.165) is 17.4 Å². The highest BCUT2D eigenvalue weighted by molar-refractivity contribution is 7.92. The van der Waals surface area contributed by atoms with Gasteiger partial charge < -0.3 is 11.1 Å². The Kier molecular flexibility index (Phi) is 6.97. The van der Waals surface area contributed by atoms with Crippen molar-refractivity contribution in [3.05, 3.63) is 75.7 Å². The number of anilines is 3. The molecule has 4 aromatic heterocycles. The number of carbonyl (C=O) groups excluding carboxylic acids is 1. The number of fused-ring (bicyclic) bond motifs is 1.